The van der Waals surface area contributed by atoms with E-state index in [1.54, 1.807) is 0 Å². The van der Waals surface area contributed by atoms with Crippen LogP contribution in [0.3, 0.4) is 0 Å². The van der Waals surface area contributed by atoms with Gasteiger partial charge in [0.05, 0.1) is 11.5 Å². The zero-order valence-corrected chi connectivity index (χ0v) is 12.4. The zero-order chi connectivity index (χ0) is 15.7. The smallest absolute Gasteiger partial charge is 0.227 e. The maximum atomic E-state index is 13.2. The normalized spacial score (nSPS) is 20.9. The lowest BCUT2D eigenvalue weighted by Crippen LogP contribution is -2.26. The summed E-state index contributed by atoms with van der Waals surface area (Å²) in [5, 5.41) is 3.73. The molecule has 0 aliphatic carbocycles. The van der Waals surface area contributed by atoms with Crippen molar-refractivity contribution in [2.45, 2.75) is 19.3 Å². The van der Waals surface area contributed by atoms with E-state index in [0.717, 1.165) is 18.6 Å². The molecule has 1 unspecified atom stereocenters. The molecule has 1 saturated heterocycles. The first-order valence-electron chi connectivity index (χ1n) is 6.91. The molecule has 0 spiro atoms. The lowest BCUT2D eigenvalue weighted by molar-refractivity contribution is 0.350. The van der Waals surface area contributed by atoms with E-state index in [0.29, 0.717) is 24.3 Å². The molecule has 1 aliphatic heterocycles. The molecule has 0 amide bonds. The van der Waals surface area contributed by atoms with E-state index in [-0.39, 0.29) is 23.2 Å². The highest BCUT2D eigenvalue weighted by Gasteiger charge is 2.26. The number of hydrogen-bond donors (Lipinski definition) is 0. The second-order valence-electron chi connectivity index (χ2n) is 5.47. The number of sulfone groups is 1. The quantitative estimate of drug-likeness (QED) is 0.865. The first kappa shape index (κ1) is 15.1. The number of nitrogens with zero attached hydrogens (tertiary/aromatic N) is 2. The van der Waals surface area contributed by atoms with Crippen LogP contribution in [0.2, 0.25) is 0 Å². The molecular formula is C14H14F2N2O3S. The summed E-state index contributed by atoms with van der Waals surface area (Å²) in [5.41, 5.74) is 0.310. The minimum atomic E-state index is -2.99. The van der Waals surface area contributed by atoms with Crippen LogP contribution in [0.4, 0.5) is 8.78 Å². The van der Waals surface area contributed by atoms with Gasteiger partial charge in [0.25, 0.3) is 0 Å². The second-order valence-corrected chi connectivity index (χ2v) is 7.70. The molecule has 118 valence electrons. The van der Waals surface area contributed by atoms with Gasteiger partial charge in [-0.2, -0.15) is 4.98 Å². The molecule has 1 aliphatic rings. The van der Waals surface area contributed by atoms with Gasteiger partial charge in [0.2, 0.25) is 11.7 Å². The van der Waals surface area contributed by atoms with Gasteiger partial charge in [0.15, 0.2) is 21.5 Å². The third kappa shape index (κ3) is 3.32. The largest absolute Gasteiger partial charge is 0.339 e. The first-order chi connectivity index (χ1) is 10.4. The Morgan fingerprint density at radius 1 is 1.27 bits per heavy atom. The van der Waals surface area contributed by atoms with Crippen LogP contribution in [-0.4, -0.2) is 30.1 Å². The average Bonchev–Trinajstić information content (AvgIpc) is 2.89. The van der Waals surface area contributed by atoms with Crippen LogP contribution >= 0.6 is 0 Å². The Morgan fingerprint density at radius 2 is 2.09 bits per heavy atom. The number of benzene rings is 1. The molecule has 1 atom stereocenters. The fourth-order valence-corrected chi connectivity index (χ4v) is 4.39. The summed E-state index contributed by atoms with van der Waals surface area (Å²) in [7, 11) is -2.99. The Hall–Kier alpha value is -1.83. The van der Waals surface area contributed by atoms with E-state index in [1.807, 2.05) is 0 Å². The van der Waals surface area contributed by atoms with Crippen molar-refractivity contribution in [3.05, 3.63) is 35.7 Å². The minimum Gasteiger partial charge on any atom is -0.339 e. The van der Waals surface area contributed by atoms with Gasteiger partial charge in [-0.15, -0.1) is 0 Å². The Kier molecular flexibility index (Phi) is 3.94. The lowest BCUT2D eigenvalue weighted by Gasteiger charge is -2.19. The number of hydrogen-bond acceptors (Lipinski definition) is 5. The Bertz CT molecular complexity index is 789. The fourth-order valence-electron chi connectivity index (χ4n) is 2.62. The van der Waals surface area contributed by atoms with Crippen LogP contribution in [0, 0.1) is 17.6 Å². The van der Waals surface area contributed by atoms with E-state index in [1.165, 1.54) is 6.07 Å². The predicted molar refractivity (Wildman–Crippen MR) is 74.7 cm³/mol. The van der Waals surface area contributed by atoms with Crippen LogP contribution < -0.4 is 0 Å². The third-order valence-electron chi connectivity index (χ3n) is 3.67. The van der Waals surface area contributed by atoms with Crippen molar-refractivity contribution in [3.8, 4) is 11.4 Å². The van der Waals surface area contributed by atoms with Gasteiger partial charge in [0.1, 0.15) is 0 Å². The van der Waals surface area contributed by atoms with Gasteiger partial charge in [-0.1, -0.05) is 5.16 Å². The molecule has 2 aromatic rings. The average molecular weight is 328 g/mol. The van der Waals surface area contributed by atoms with E-state index >= 15 is 0 Å². The lowest BCUT2D eigenvalue weighted by atomic mass is 10.0. The van der Waals surface area contributed by atoms with Crippen molar-refractivity contribution in [2.75, 3.05) is 11.5 Å². The standard InChI is InChI=1S/C14H14F2N2O3S/c15-11-4-3-10(7-12(11)16)14-17-13(21-18-14)6-9-2-1-5-22(19,20)8-9/h3-4,7,9H,1-2,5-6,8H2. The van der Waals surface area contributed by atoms with Gasteiger partial charge >= 0.3 is 0 Å². The highest BCUT2D eigenvalue weighted by molar-refractivity contribution is 7.91. The number of rotatable bonds is 3. The summed E-state index contributed by atoms with van der Waals surface area (Å²) in [4.78, 5) is 4.13. The number of halogens is 2. The van der Waals surface area contributed by atoms with Crippen LogP contribution in [0.5, 0.6) is 0 Å². The van der Waals surface area contributed by atoms with Crippen molar-refractivity contribution in [3.63, 3.8) is 0 Å². The summed E-state index contributed by atoms with van der Waals surface area (Å²) in [6.07, 6.45) is 1.80. The van der Waals surface area contributed by atoms with E-state index in [2.05, 4.69) is 10.1 Å². The molecule has 22 heavy (non-hydrogen) atoms. The maximum Gasteiger partial charge on any atom is 0.227 e. The van der Waals surface area contributed by atoms with Gasteiger partial charge in [-0.25, -0.2) is 17.2 Å². The van der Waals surface area contributed by atoms with Gasteiger partial charge < -0.3 is 4.52 Å². The Balaban J connectivity index is 1.75. The number of aromatic nitrogens is 2. The van der Waals surface area contributed by atoms with E-state index in [4.69, 9.17) is 4.52 Å². The van der Waals surface area contributed by atoms with Crippen LogP contribution in [-0.2, 0) is 16.3 Å². The van der Waals surface area contributed by atoms with Crippen molar-refractivity contribution >= 4 is 9.84 Å². The summed E-state index contributed by atoms with van der Waals surface area (Å²) < 4.78 is 54.4. The van der Waals surface area contributed by atoms with Crippen LogP contribution in [0.15, 0.2) is 22.7 Å². The molecule has 0 saturated carbocycles. The molecule has 3 rings (SSSR count). The molecule has 1 fully saturated rings. The zero-order valence-electron chi connectivity index (χ0n) is 11.6. The molecule has 8 heteroatoms. The summed E-state index contributed by atoms with van der Waals surface area (Å²) in [6, 6.07) is 3.35. The predicted octanol–water partition coefficient (Wildman–Crippen LogP) is 2.38. The Morgan fingerprint density at radius 3 is 2.82 bits per heavy atom. The molecule has 2 heterocycles. The molecule has 1 aromatic heterocycles. The molecule has 0 radical (unpaired) electrons. The third-order valence-corrected chi connectivity index (χ3v) is 5.56. The summed E-state index contributed by atoms with van der Waals surface area (Å²) >= 11 is 0. The van der Waals surface area contributed by atoms with Crippen LogP contribution in [0.1, 0.15) is 18.7 Å². The fraction of sp³-hybridized carbons (Fsp3) is 0.429. The van der Waals surface area contributed by atoms with Crippen molar-refractivity contribution in [2.24, 2.45) is 5.92 Å². The summed E-state index contributed by atoms with van der Waals surface area (Å²) in [6.45, 7) is 0. The van der Waals surface area contributed by atoms with Crippen LogP contribution in [0.25, 0.3) is 11.4 Å². The molecule has 0 N–H and O–H groups in total. The second kappa shape index (κ2) is 5.75. The highest BCUT2D eigenvalue weighted by Crippen LogP contribution is 2.24. The van der Waals surface area contributed by atoms with Crippen molar-refractivity contribution in [1.29, 1.82) is 0 Å². The molecule has 5 nitrogen and oxygen atoms in total. The molecule has 0 bridgehead atoms. The highest BCUT2D eigenvalue weighted by atomic mass is 32.2. The Labute approximate surface area is 126 Å². The van der Waals surface area contributed by atoms with Gasteiger partial charge in [-0.05, 0) is 37.0 Å². The molecule has 1 aromatic carbocycles. The van der Waals surface area contributed by atoms with Gasteiger partial charge in [-0.3, -0.25) is 0 Å². The summed E-state index contributed by atoms with van der Waals surface area (Å²) in [5.74, 6) is -1.16. The van der Waals surface area contributed by atoms with E-state index < -0.39 is 21.5 Å². The van der Waals surface area contributed by atoms with E-state index in [9.17, 15) is 17.2 Å². The topological polar surface area (TPSA) is 73.1 Å². The maximum absolute atomic E-state index is 13.2. The monoisotopic (exact) mass is 328 g/mol. The molecular weight excluding hydrogens is 314 g/mol. The van der Waals surface area contributed by atoms with Crippen molar-refractivity contribution < 1.29 is 21.7 Å². The first-order valence-corrected chi connectivity index (χ1v) is 8.73. The SMILES string of the molecule is O=S1(=O)CCCC(Cc2nc(-c3ccc(F)c(F)c3)no2)C1. The van der Waals surface area contributed by atoms with Crippen molar-refractivity contribution in [1.82, 2.24) is 10.1 Å². The minimum absolute atomic E-state index is 0.0444. The van der Waals surface area contributed by atoms with Gasteiger partial charge in [0, 0.05) is 12.0 Å².